The Kier molecular flexibility index (Phi) is 7.12. The zero-order chi connectivity index (χ0) is 18.6. The molecule has 2 rings (SSSR count). The summed E-state index contributed by atoms with van der Waals surface area (Å²) in [6.07, 6.45) is 7.90. The van der Waals surface area contributed by atoms with Crippen LogP contribution < -0.4 is 5.32 Å². The van der Waals surface area contributed by atoms with Crippen LogP contribution in [0.4, 0.5) is 0 Å². The van der Waals surface area contributed by atoms with Crippen LogP contribution >= 0.6 is 11.8 Å². The van der Waals surface area contributed by atoms with Crippen LogP contribution in [0.3, 0.4) is 0 Å². The second-order valence-corrected chi connectivity index (χ2v) is 8.50. The van der Waals surface area contributed by atoms with Gasteiger partial charge in [0.25, 0.3) is 0 Å². The number of allylic oxidation sites excluding steroid dienone is 5. The van der Waals surface area contributed by atoms with E-state index >= 15 is 0 Å². The van der Waals surface area contributed by atoms with Crippen molar-refractivity contribution in [1.29, 1.82) is 0 Å². The van der Waals surface area contributed by atoms with Crippen molar-refractivity contribution < 1.29 is 0 Å². The summed E-state index contributed by atoms with van der Waals surface area (Å²) in [4.78, 5) is 4.78. The van der Waals surface area contributed by atoms with E-state index < -0.39 is 0 Å². The molecule has 0 aromatic heterocycles. The predicted octanol–water partition coefficient (Wildman–Crippen LogP) is 4.66. The second kappa shape index (κ2) is 8.89. The van der Waals surface area contributed by atoms with Crippen LogP contribution in [0.15, 0.2) is 53.2 Å². The van der Waals surface area contributed by atoms with Crippen LogP contribution in [0.25, 0.3) is 0 Å². The van der Waals surface area contributed by atoms with Gasteiger partial charge >= 0.3 is 159 Å². The van der Waals surface area contributed by atoms with Crippen LogP contribution in [0, 0.1) is 17.8 Å². The Morgan fingerprint density at radius 2 is 2.12 bits per heavy atom. The number of rotatable bonds is 7. The summed E-state index contributed by atoms with van der Waals surface area (Å²) in [5.41, 5.74) is 4.66. The third-order valence-electron chi connectivity index (χ3n) is 5.34. The van der Waals surface area contributed by atoms with Gasteiger partial charge in [0.15, 0.2) is 0 Å². The molecule has 0 bridgehead atoms. The minimum atomic E-state index is 0.419. The van der Waals surface area contributed by atoms with Gasteiger partial charge in [-0.1, -0.05) is 0 Å². The molecule has 0 amide bonds. The summed E-state index contributed by atoms with van der Waals surface area (Å²) in [6.45, 7) is 17.7. The third-order valence-corrected chi connectivity index (χ3v) is 6.77. The van der Waals surface area contributed by atoms with Crippen molar-refractivity contribution in [2.45, 2.75) is 45.8 Å². The first-order valence-corrected chi connectivity index (χ1v) is 10.0. The molecule has 25 heavy (non-hydrogen) atoms. The molecule has 0 aromatic carbocycles. The van der Waals surface area contributed by atoms with Gasteiger partial charge in [-0.15, -0.1) is 0 Å². The van der Waals surface area contributed by atoms with E-state index in [-0.39, 0.29) is 0 Å². The molecule has 1 radical (unpaired) electrons. The normalized spacial score (nSPS) is 27.0. The monoisotopic (exact) mass is 353 g/mol. The molecule has 133 valence electrons. The quantitative estimate of drug-likeness (QED) is 0.532. The molecule has 2 aliphatic rings. The summed E-state index contributed by atoms with van der Waals surface area (Å²) >= 11 is 1.82. The number of thioether (sulfide) groups is 1. The van der Waals surface area contributed by atoms with Gasteiger partial charge in [0, 0.05) is 0 Å². The first-order chi connectivity index (χ1) is 11.8. The molecule has 1 fully saturated rings. The van der Waals surface area contributed by atoms with Crippen LogP contribution in [-0.4, -0.2) is 29.9 Å². The number of hydrogen-bond donors (Lipinski definition) is 1. The Morgan fingerprint density at radius 1 is 1.40 bits per heavy atom. The van der Waals surface area contributed by atoms with Crippen molar-refractivity contribution in [2.75, 3.05) is 6.54 Å². The Hall–Kier alpha value is -1.29. The number of amidine groups is 1. The molecule has 1 heterocycles. The maximum atomic E-state index is 6.16. The van der Waals surface area contributed by atoms with E-state index in [9.17, 15) is 0 Å². The van der Waals surface area contributed by atoms with Crippen molar-refractivity contribution in [3.8, 4) is 0 Å². The average Bonchev–Trinajstić information content (AvgIpc) is 3.05. The summed E-state index contributed by atoms with van der Waals surface area (Å²) in [7, 11) is 6.16. The molecular formula is C21H30BN2S. The summed E-state index contributed by atoms with van der Waals surface area (Å²) in [5, 5.41) is 4.81. The third kappa shape index (κ3) is 4.87. The number of aliphatic imine (C=N–C) groups is 1. The fourth-order valence-electron chi connectivity index (χ4n) is 3.31. The Bertz CT molecular complexity index is 642. The molecule has 2 nitrogen and oxygen atoms in total. The molecule has 3 atom stereocenters. The fourth-order valence-corrected chi connectivity index (χ4v) is 4.64. The van der Waals surface area contributed by atoms with Crippen LogP contribution in [0.1, 0.15) is 40.5 Å². The summed E-state index contributed by atoms with van der Waals surface area (Å²) in [6, 6.07) is 0. The van der Waals surface area contributed by atoms with E-state index in [1.165, 1.54) is 11.1 Å². The molecule has 0 aromatic rings. The van der Waals surface area contributed by atoms with Gasteiger partial charge in [-0.2, -0.15) is 0 Å². The predicted molar refractivity (Wildman–Crippen MR) is 115 cm³/mol. The van der Waals surface area contributed by atoms with E-state index in [0.29, 0.717) is 23.0 Å². The number of nitrogens with zero attached hydrogens (tertiary/aromatic N) is 1. The van der Waals surface area contributed by atoms with Gasteiger partial charge < -0.3 is 0 Å². The number of nitrogens with one attached hydrogen (secondary N) is 1. The van der Waals surface area contributed by atoms with Crippen LogP contribution in [0.5, 0.6) is 0 Å². The topological polar surface area (TPSA) is 24.4 Å². The molecule has 3 unspecified atom stereocenters. The summed E-state index contributed by atoms with van der Waals surface area (Å²) in [5.74, 6) is 1.68. The van der Waals surface area contributed by atoms with E-state index in [4.69, 9.17) is 12.5 Å². The SMILES string of the molecule is [B]=C1CC(CCN=C2NC(=C)C(C(C)C(C)C)S2)C(/C=C\C=C)=C1C. The molecule has 1 aliphatic heterocycles. The minimum absolute atomic E-state index is 0.419. The number of hydrogen-bond acceptors (Lipinski definition) is 2. The van der Waals surface area contributed by atoms with Crippen LogP contribution in [-0.2, 0) is 0 Å². The first-order valence-electron chi connectivity index (χ1n) is 9.13. The zero-order valence-electron chi connectivity index (χ0n) is 16.0. The van der Waals surface area contributed by atoms with E-state index in [0.717, 1.165) is 35.7 Å². The Morgan fingerprint density at radius 3 is 2.76 bits per heavy atom. The van der Waals surface area contributed by atoms with Gasteiger partial charge in [-0.25, -0.2) is 0 Å². The van der Waals surface area contributed by atoms with Crippen molar-refractivity contribution in [3.63, 3.8) is 0 Å². The van der Waals surface area contributed by atoms with E-state index in [2.05, 4.69) is 52.2 Å². The standard InChI is InChI=1S/C21H30BN2S/c1-7-8-9-18-15(5)19(22)12-17(18)10-11-23-21-24-16(6)20(25-21)14(4)13(2)3/h7-9,13-14,17,20H,1,6,10-12H2,2-5H3,(H,23,24)/b9-8-. The Labute approximate surface area is 158 Å². The van der Waals surface area contributed by atoms with Gasteiger partial charge in [0.05, 0.1) is 0 Å². The Balaban J connectivity index is 1.95. The molecule has 1 N–H and O–H groups in total. The average molecular weight is 353 g/mol. The molecule has 1 aliphatic carbocycles. The summed E-state index contributed by atoms with van der Waals surface area (Å²) < 4.78 is 0. The van der Waals surface area contributed by atoms with Crippen molar-refractivity contribution >= 4 is 29.9 Å². The van der Waals surface area contributed by atoms with Crippen molar-refractivity contribution in [1.82, 2.24) is 5.32 Å². The molecule has 0 saturated carbocycles. The van der Waals surface area contributed by atoms with E-state index in [1.807, 2.05) is 23.9 Å². The van der Waals surface area contributed by atoms with Gasteiger partial charge in [-0.05, 0) is 0 Å². The molecular weight excluding hydrogens is 323 g/mol. The maximum absolute atomic E-state index is 6.16. The van der Waals surface area contributed by atoms with E-state index in [1.54, 1.807) is 0 Å². The molecule has 0 spiro atoms. The zero-order valence-corrected chi connectivity index (χ0v) is 16.8. The van der Waals surface area contributed by atoms with Crippen molar-refractivity contribution in [2.24, 2.45) is 22.7 Å². The first kappa shape index (κ1) is 20.0. The fraction of sp³-hybridized carbons (Fsp3) is 0.524. The van der Waals surface area contributed by atoms with Crippen LogP contribution in [0.2, 0.25) is 0 Å². The van der Waals surface area contributed by atoms with Crippen molar-refractivity contribution in [3.05, 3.63) is 48.2 Å². The van der Waals surface area contributed by atoms with Gasteiger partial charge in [-0.3, -0.25) is 0 Å². The second-order valence-electron chi connectivity index (χ2n) is 7.37. The van der Waals surface area contributed by atoms with Gasteiger partial charge in [0.2, 0.25) is 0 Å². The molecule has 1 saturated heterocycles. The van der Waals surface area contributed by atoms with Gasteiger partial charge in [0.1, 0.15) is 0 Å². The molecule has 4 heteroatoms.